The molecule has 0 radical (unpaired) electrons. The first kappa shape index (κ1) is 20.1. The van der Waals surface area contributed by atoms with Crippen LogP contribution in [0.2, 0.25) is 0 Å². The van der Waals surface area contributed by atoms with Gasteiger partial charge in [0.1, 0.15) is 23.2 Å². The molecule has 1 aromatic heterocycles. The van der Waals surface area contributed by atoms with E-state index < -0.39 is 51.6 Å². The van der Waals surface area contributed by atoms with Crippen LogP contribution in [0.3, 0.4) is 0 Å². The van der Waals surface area contributed by atoms with E-state index >= 15 is 0 Å². The summed E-state index contributed by atoms with van der Waals surface area (Å²) in [4.78, 5) is 3.99. The molecule has 0 saturated carbocycles. The van der Waals surface area contributed by atoms with Gasteiger partial charge in [-0.15, -0.1) is 0 Å². The maximum atomic E-state index is 14.6. The van der Waals surface area contributed by atoms with Crippen molar-refractivity contribution in [1.82, 2.24) is 4.98 Å². The van der Waals surface area contributed by atoms with Gasteiger partial charge in [0.2, 0.25) is 5.82 Å². The highest BCUT2D eigenvalue weighted by atomic mass is 19.2. The quantitative estimate of drug-likeness (QED) is 0.383. The average Bonchev–Trinajstić information content (AvgIpc) is 2.71. The van der Waals surface area contributed by atoms with Crippen LogP contribution >= 0.6 is 0 Å². The summed E-state index contributed by atoms with van der Waals surface area (Å²) in [5.41, 5.74) is 3.86. The molecule has 9 heteroatoms. The molecule has 4 nitrogen and oxygen atoms in total. The molecular formula is C20H12F5N3O. The fraction of sp³-hybridized carbons (Fsp3) is 0.100. The molecule has 0 fully saturated rings. The van der Waals surface area contributed by atoms with Gasteiger partial charge in [-0.2, -0.15) is 5.26 Å². The number of aromatic nitrogens is 1. The van der Waals surface area contributed by atoms with Crippen LogP contribution in [0, 0.1) is 47.3 Å². The summed E-state index contributed by atoms with van der Waals surface area (Å²) in [6.45, 7) is 1.44. The van der Waals surface area contributed by atoms with Crippen molar-refractivity contribution in [1.29, 1.82) is 5.26 Å². The molecule has 0 atom stereocenters. The van der Waals surface area contributed by atoms with E-state index in [1.165, 1.54) is 38.3 Å². The van der Waals surface area contributed by atoms with E-state index in [9.17, 15) is 27.2 Å². The van der Waals surface area contributed by atoms with Gasteiger partial charge < -0.3 is 10.5 Å². The Balaban J connectivity index is 2.51. The van der Waals surface area contributed by atoms with Crippen LogP contribution in [-0.2, 0) is 0 Å². The molecule has 29 heavy (non-hydrogen) atoms. The molecular weight excluding hydrogens is 393 g/mol. The van der Waals surface area contributed by atoms with Crippen LogP contribution < -0.4 is 10.5 Å². The van der Waals surface area contributed by atoms with Gasteiger partial charge in [0.25, 0.3) is 0 Å². The minimum absolute atomic E-state index is 0.00149. The van der Waals surface area contributed by atoms with Crippen LogP contribution in [0.1, 0.15) is 11.3 Å². The monoisotopic (exact) mass is 405 g/mol. The topological polar surface area (TPSA) is 71.9 Å². The lowest BCUT2D eigenvalue weighted by atomic mass is 9.89. The third-order valence-electron chi connectivity index (χ3n) is 4.36. The lowest BCUT2D eigenvalue weighted by molar-refractivity contribution is 0.381. The molecule has 148 valence electrons. The molecule has 3 aromatic rings. The van der Waals surface area contributed by atoms with Gasteiger partial charge in [-0.1, -0.05) is 12.1 Å². The zero-order valence-corrected chi connectivity index (χ0v) is 15.1. The first-order valence-electron chi connectivity index (χ1n) is 8.09. The van der Waals surface area contributed by atoms with Crippen LogP contribution in [0.4, 0.5) is 27.8 Å². The van der Waals surface area contributed by atoms with E-state index in [-0.39, 0.29) is 11.3 Å². The number of nitrogens with zero attached hydrogens (tertiary/aromatic N) is 2. The van der Waals surface area contributed by atoms with Crippen LogP contribution in [-0.4, -0.2) is 12.1 Å². The first-order valence-corrected chi connectivity index (χ1v) is 8.09. The van der Waals surface area contributed by atoms with Crippen molar-refractivity contribution >= 4 is 5.82 Å². The van der Waals surface area contributed by atoms with Crippen molar-refractivity contribution in [3.8, 4) is 34.1 Å². The summed E-state index contributed by atoms with van der Waals surface area (Å²) in [5.74, 6) is -10.6. The number of pyridine rings is 1. The smallest absolute Gasteiger partial charge is 0.200 e. The number of benzene rings is 2. The Morgan fingerprint density at radius 3 is 1.86 bits per heavy atom. The van der Waals surface area contributed by atoms with Crippen molar-refractivity contribution in [3.63, 3.8) is 0 Å². The number of hydrogen-bond acceptors (Lipinski definition) is 4. The Morgan fingerprint density at radius 1 is 0.862 bits per heavy atom. The predicted molar refractivity (Wildman–Crippen MR) is 95.3 cm³/mol. The minimum atomic E-state index is -2.30. The summed E-state index contributed by atoms with van der Waals surface area (Å²) >= 11 is 0. The van der Waals surface area contributed by atoms with Gasteiger partial charge in [0.05, 0.1) is 12.7 Å². The number of aryl methyl sites for hydroxylation is 1. The maximum absolute atomic E-state index is 14.6. The highest BCUT2D eigenvalue weighted by molar-refractivity contribution is 5.91. The number of nitrogen functional groups attached to an aromatic ring is 1. The van der Waals surface area contributed by atoms with Gasteiger partial charge in [-0.25, -0.2) is 26.9 Å². The lowest BCUT2D eigenvalue weighted by Gasteiger charge is -2.18. The van der Waals surface area contributed by atoms with Crippen molar-refractivity contribution in [2.75, 3.05) is 12.8 Å². The Hall–Kier alpha value is -3.67. The zero-order chi connectivity index (χ0) is 21.5. The molecule has 0 unspecified atom stereocenters. The third kappa shape index (κ3) is 3.12. The van der Waals surface area contributed by atoms with Crippen molar-refractivity contribution in [3.05, 3.63) is 64.6 Å². The van der Waals surface area contributed by atoms with Crippen molar-refractivity contribution < 1.29 is 26.7 Å². The summed E-state index contributed by atoms with van der Waals surface area (Å²) in [7, 11) is 1.43. The SMILES string of the molecule is COc1ccc(-c2c(C)nc(N)c(C#N)c2-c2c(F)c(F)c(F)c(F)c2F)cc1. The van der Waals surface area contributed by atoms with Crippen molar-refractivity contribution in [2.45, 2.75) is 6.92 Å². The molecule has 1 heterocycles. The molecule has 0 amide bonds. The molecule has 0 saturated heterocycles. The van der Waals surface area contributed by atoms with Crippen LogP contribution in [0.5, 0.6) is 5.75 Å². The Morgan fingerprint density at radius 2 is 1.38 bits per heavy atom. The number of methoxy groups -OCH3 is 1. The molecule has 0 aliphatic heterocycles. The number of nitriles is 1. The van der Waals surface area contributed by atoms with Crippen LogP contribution in [0.15, 0.2) is 24.3 Å². The van der Waals surface area contributed by atoms with E-state index in [0.717, 1.165) is 0 Å². The highest BCUT2D eigenvalue weighted by Gasteiger charge is 2.31. The third-order valence-corrected chi connectivity index (χ3v) is 4.36. The Kier molecular flexibility index (Phi) is 5.12. The summed E-state index contributed by atoms with van der Waals surface area (Å²) in [6.07, 6.45) is 0. The van der Waals surface area contributed by atoms with Gasteiger partial charge >= 0.3 is 0 Å². The summed E-state index contributed by atoms with van der Waals surface area (Å²) in [5, 5.41) is 9.48. The Labute approximate surface area is 162 Å². The average molecular weight is 405 g/mol. The van der Waals surface area contributed by atoms with Crippen LogP contribution in [0.25, 0.3) is 22.3 Å². The van der Waals surface area contributed by atoms with E-state index in [0.29, 0.717) is 11.3 Å². The maximum Gasteiger partial charge on any atom is 0.200 e. The number of halogens is 5. The molecule has 3 rings (SSSR count). The highest BCUT2D eigenvalue weighted by Crippen LogP contribution is 2.42. The Bertz CT molecular complexity index is 1140. The van der Waals surface area contributed by atoms with E-state index in [1.807, 2.05) is 0 Å². The van der Waals surface area contributed by atoms with Gasteiger partial charge in [0.15, 0.2) is 23.3 Å². The van der Waals surface area contributed by atoms with Crippen molar-refractivity contribution in [2.24, 2.45) is 0 Å². The number of anilines is 1. The fourth-order valence-corrected chi connectivity index (χ4v) is 3.02. The normalized spacial score (nSPS) is 10.7. The fourth-order valence-electron chi connectivity index (χ4n) is 3.02. The van der Waals surface area contributed by atoms with Gasteiger partial charge in [0, 0.05) is 16.8 Å². The number of nitrogens with two attached hydrogens (primary N) is 1. The van der Waals surface area contributed by atoms with E-state index in [1.54, 1.807) is 6.07 Å². The molecule has 0 aliphatic rings. The second kappa shape index (κ2) is 7.39. The summed E-state index contributed by atoms with van der Waals surface area (Å²) < 4.78 is 75.4. The minimum Gasteiger partial charge on any atom is -0.497 e. The molecule has 2 N–H and O–H groups in total. The molecule has 2 aromatic carbocycles. The lowest BCUT2D eigenvalue weighted by Crippen LogP contribution is -2.09. The second-order valence-corrected chi connectivity index (χ2v) is 5.99. The molecule has 0 aliphatic carbocycles. The molecule has 0 bridgehead atoms. The predicted octanol–water partition coefficient (Wildman–Crippen LogP) is 4.88. The standard InChI is InChI=1S/C20H12F5N3O/c1-8-12(9-3-5-10(29-2)6-4-9)13(11(7-26)20(27)28-8)14-15(21)17(23)19(25)18(24)16(14)22/h3-6H,1-2H3,(H2,27,28). The second-order valence-electron chi connectivity index (χ2n) is 5.99. The first-order chi connectivity index (χ1) is 13.7. The van der Waals surface area contributed by atoms with E-state index in [4.69, 9.17) is 10.5 Å². The number of ether oxygens (including phenoxy) is 1. The van der Waals surface area contributed by atoms with E-state index in [2.05, 4.69) is 4.98 Å². The zero-order valence-electron chi connectivity index (χ0n) is 15.1. The largest absolute Gasteiger partial charge is 0.497 e. The molecule has 0 spiro atoms. The van der Waals surface area contributed by atoms with Gasteiger partial charge in [-0.3, -0.25) is 0 Å². The number of rotatable bonds is 3. The number of hydrogen-bond donors (Lipinski definition) is 1. The summed E-state index contributed by atoms with van der Waals surface area (Å²) in [6, 6.07) is 7.69. The van der Waals surface area contributed by atoms with Gasteiger partial charge in [-0.05, 0) is 24.6 Å².